The van der Waals surface area contributed by atoms with Crippen molar-refractivity contribution < 1.29 is 13.9 Å². The largest absolute Gasteiger partial charge is 0.381 e. The Labute approximate surface area is 112 Å². The molecule has 1 N–H and O–H groups in total. The second-order valence-electron chi connectivity index (χ2n) is 5.55. The summed E-state index contributed by atoms with van der Waals surface area (Å²) in [5.41, 5.74) is 0.621. The molecule has 1 saturated carbocycles. The fourth-order valence-electron chi connectivity index (χ4n) is 3.17. The summed E-state index contributed by atoms with van der Waals surface area (Å²) >= 11 is 0. The number of halogens is 1. The molecule has 3 rings (SSSR count). The molecule has 1 atom stereocenters. The number of hydrogen-bond donors (Lipinski definition) is 1. The highest BCUT2D eigenvalue weighted by Gasteiger charge is 2.47. The first-order valence-corrected chi connectivity index (χ1v) is 6.84. The van der Waals surface area contributed by atoms with E-state index in [2.05, 4.69) is 5.32 Å². The summed E-state index contributed by atoms with van der Waals surface area (Å²) in [6.07, 6.45) is 4.20. The number of nitrogens with one attached hydrogen (secondary N) is 1. The molecule has 1 amide bonds. The maximum Gasteiger partial charge on any atom is 0.251 e. The first-order valence-electron chi connectivity index (χ1n) is 6.84. The van der Waals surface area contributed by atoms with Crippen LogP contribution < -0.4 is 5.32 Å². The van der Waals surface area contributed by atoms with E-state index in [1.807, 2.05) is 0 Å². The number of benzene rings is 1. The van der Waals surface area contributed by atoms with Gasteiger partial charge in [0.2, 0.25) is 0 Å². The van der Waals surface area contributed by atoms with Crippen molar-refractivity contribution in [1.82, 2.24) is 5.32 Å². The van der Waals surface area contributed by atoms with Crippen LogP contribution in [0.15, 0.2) is 24.3 Å². The van der Waals surface area contributed by atoms with E-state index in [1.54, 1.807) is 12.1 Å². The van der Waals surface area contributed by atoms with Crippen molar-refractivity contribution in [1.29, 1.82) is 0 Å². The average Bonchev–Trinajstić information content (AvgIpc) is 2.44. The molecule has 4 heteroatoms. The van der Waals surface area contributed by atoms with Crippen molar-refractivity contribution in [3.63, 3.8) is 0 Å². The quantitative estimate of drug-likeness (QED) is 0.890. The number of ether oxygens (including phenoxy) is 1. The maximum absolute atomic E-state index is 13.1. The normalized spacial score (nSPS) is 24.8. The Balaban J connectivity index is 1.67. The fraction of sp³-hybridized carbons (Fsp3) is 0.533. The van der Waals surface area contributed by atoms with E-state index < -0.39 is 0 Å². The summed E-state index contributed by atoms with van der Waals surface area (Å²) in [6, 6.07) is 6.06. The summed E-state index contributed by atoms with van der Waals surface area (Å²) < 4.78 is 18.5. The molecule has 1 aromatic rings. The molecule has 0 radical (unpaired) electrons. The van der Waals surface area contributed by atoms with E-state index in [0.717, 1.165) is 38.9 Å². The van der Waals surface area contributed by atoms with Crippen LogP contribution in [0, 0.1) is 11.2 Å². The van der Waals surface area contributed by atoms with Crippen molar-refractivity contribution >= 4 is 5.91 Å². The number of carbonyl (C=O) groups is 1. The molecule has 1 saturated heterocycles. The fourth-order valence-corrected chi connectivity index (χ4v) is 3.17. The minimum Gasteiger partial charge on any atom is -0.381 e. The Morgan fingerprint density at radius 2 is 2.11 bits per heavy atom. The predicted molar refractivity (Wildman–Crippen MR) is 69.4 cm³/mol. The van der Waals surface area contributed by atoms with Crippen LogP contribution >= 0.6 is 0 Å². The predicted octanol–water partition coefficient (Wildman–Crippen LogP) is 2.51. The van der Waals surface area contributed by atoms with Gasteiger partial charge in [-0.1, -0.05) is 6.07 Å². The molecule has 1 unspecified atom stereocenters. The van der Waals surface area contributed by atoms with Crippen LogP contribution in [-0.4, -0.2) is 25.2 Å². The maximum atomic E-state index is 13.1. The van der Waals surface area contributed by atoms with Crippen molar-refractivity contribution in [2.45, 2.75) is 31.7 Å². The number of amides is 1. The van der Waals surface area contributed by atoms with Crippen molar-refractivity contribution in [2.24, 2.45) is 5.41 Å². The SMILES string of the molecule is O=C(NC1CCC12CCOCC2)c1cccc(F)c1. The molecule has 3 nitrogen and oxygen atoms in total. The molecular weight excluding hydrogens is 245 g/mol. The van der Waals surface area contributed by atoms with Gasteiger partial charge in [0.25, 0.3) is 5.91 Å². The highest BCUT2D eigenvalue weighted by atomic mass is 19.1. The van der Waals surface area contributed by atoms with Gasteiger partial charge in [0, 0.05) is 24.8 Å². The second kappa shape index (κ2) is 4.93. The molecule has 2 fully saturated rings. The Hall–Kier alpha value is -1.42. The van der Waals surface area contributed by atoms with Crippen LogP contribution in [0.4, 0.5) is 4.39 Å². The molecular formula is C15H18FNO2. The molecule has 2 aliphatic rings. The second-order valence-corrected chi connectivity index (χ2v) is 5.55. The van der Waals surface area contributed by atoms with Crippen molar-refractivity contribution in [3.8, 4) is 0 Å². The Kier molecular flexibility index (Phi) is 3.27. The van der Waals surface area contributed by atoms with E-state index >= 15 is 0 Å². The lowest BCUT2D eigenvalue weighted by atomic mass is 9.60. The minimum atomic E-state index is -0.373. The summed E-state index contributed by atoms with van der Waals surface area (Å²) in [6.45, 7) is 1.57. The zero-order valence-corrected chi connectivity index (χ0v) is 10.8. The topological polar surface area (TPSA) is 38.3 Å². The highest BCUT2D eigenvalue weighted by molar-refractivity contribution is 5.94. The first-order chi connectivity index (χ1) is 9.20. The van der Waals surface area contributed by atoms with Gasteiger partial charge >= 0.3 is 0 Å². The molecule has 1 aliphatic heterocycles. The van der Waals surface area contributed by atoms with Gasteiger partial charge < -0.3 is 10.1 Å². The lowest BCUT2D eigenvalue weighted by Gasteiger charge is -2.52. The van der Waals surface area contributed by atoms with Gasteiger partial charge in [0.05, 0.1) is 0 Å². The summed E-state index contributed by atoms with van der Waals surface area (Å²) in [4.78, 5) is 12.1. The Morgan fingerprint density at radius 3 is 2.74 bits per heavy atom. The van der Waals surface area contributed by atoms with Crippen LogP contribution in [0.25, 0.3) is 0 Å². The van der Waals surface area contributed by atoms with E-state index in [4.69, 9.17) is 4.74 Å². The standard InChI is InChI=1S/C15H18FNO2/c16-12-3-1-2-11(10-12)14(18)17-13-4-5-15(13)6-8-19-9-7-15/h1-3,10,13H,4-9H2,(H,17,18). The smallest absolute Gasteiger partial charge is 0.251 e. The van der Waals surface area contributed by atoms with Crippen LogP contribution in [-0.2, 0) is 4.74 Å². The van der Waals surface area contributed by atoms with Gasteiger partial charge in [-0.3, -0.25) is 4.79 Å². The van der Waals surface area contributed by atoms with Gasteiger partial charge in [-0.15, -0.1) is 0 Å². The third-order valence-corrected chi connectivity index (χ3v) is 4.55. The third kappa shape index (κ3) is 2.37. The van der Waals surface area contributed by atoms with Crippen LogP contribution in [0.2, 0.25) is 0 Å². The zero-order chi connectivity index (χ0) is 13.3. The first kappa shape index (κ1) is 12.6. The van der Waals surface area contributed by atoms with Crippen LogP contribution in [0.5, 0.6) is 0 Å². The van der Waals surface area contributed by atoms with Gasteiger partial charge in [0.15, 0.2) is 0 Å². The number of rotatable bonds is 2. The molecule has 19 heavy (non-hydrogen) atoms. The molecule has 1 aliphatic carbocycles. The van der Waals surface area contributed by atoms with E-state index in [9.17, 15) is 9.18 Å². The summed E-state index contributed by atoms with van der Waals surface area (Å²) in [7, 11) is 0. The summed E-state index contributed by atoms with van der Waals surface area (Å²) in [5.74, 6) is -0.544. The highest BCUT2D eigenvalue weighted by Crippen LogP contribution is 2.48. The third-order valence-electron chi connectivity index (χ3n) is 4.55. The number of carbonyl (C=O) groups excluding carboxylic acids is 1. The van der Waals surface area contributed by atoms with Gasteiger partial charge in [0.1, 0.15) is 5.82 Å². The Morgan fingerprint density at radius 1 is 1.32 bits per heavy atom. The van der Waals surface area contributed by atoms with Crippen molar-refractivity contribution in [3.05, 3.63) is 35.6 Å². The van der Waals surface area contributed by atoms with Crippen molar-refractivity contribution in [2.75, 3.05) is 13.2 Å². The van der Waals surface area contributed by atoms with E-state index in [0.29, 0.717) is 5.56 Å². The van der Waals surface area contributed by atoms with Gasteiger partial charge in [-0.25, -0.2) is 4.39 Å². The average molecular weight is 263 g/mol. The van der Waals surface area contributed by atoms with Gasteiger partial charge in [-0.2, -0.15) is 0 Å². The molecule has 102 valence electrons. The molecule has 1 aromatic carbocycles. The van der Waals surface area contributed by atoms with Gasteiger partial charge in [-0.05, 0) is 49.3 Å². The monoisotopic (exact) mass is 263 g/mol. The Bertz CT molecular complexity index is 483. The van der Waals surface area contributed by atoms with Crippen LogP contribution in [0.3, 0.4) is 0 Å². The number of hydrogen-bond acceptors (Lipinski definition) is 2. The van der Waals surface area contributed by atoms with Crippen LogP contribution in [0.1, 0.15) is 36.0 Å². The summed E-state index contributed by atoms with van der Waals surface area (Å²) in [5, 5.41) is 3.06. The lowest BCUT2D eigenvalue weighted by molar-refractivity contribution is -0.0523. The van der Waals surface area contributed by atoms with E-state index in [-0.39, 0.29) is 23.2 Å². The zero-order valence-electron chi connectivity index (χ0n) is 10.8. The van der Waals surface area contributed by atoms with E-state index in [1.165, 1.54) is 12.1 Å². The molecule has 1 spiro atoms. The molecule has 0 aromatic heterocycles. The lowest BCUT2D eigenvalue weighted by Crippen LogP contribution is -2.57. The molecule has 0 bridgehead atoms. The minimum absolute atomic E-state index is 0.171. The molecule has 1 heterocycles.